The largest absolute Gasteiger partial charge is 0.407 e. The van der Waals surface area contributed by atoms with Crippen molar-refractivity contribution in [3.8, 4) is 0 Å². The highest BCUT2D eigenvalue weighted by molar-refractivity contribution is 6.74. The fourth-order valence-corrected chi connectivity index (χ4v) is 6.87. The van der Waals surface area contributed by atoms with Crippen LogP contribution in [0.5, 0.6) is 0 Å². The van der Waals surface area contributed by atoms with Crippen molar-refractivity contribution in [3.05, 3.63) is 45.1 Å². The molecule has 0 saturated heterocycles. The van der Waals surface area contributed by atoms with Gasteiger partial charge in [-0.3, -0.25) is 0 Å². The summed E-state index contributed by atoms with van der Waals surface area (Å²) in [4.78, 5) is 7.39. The van der Waals surface area contributed by atoms with Gasteiger partial charge in [-0.25, -0.2) is 13.1 Å². The van der Waals surface area contributed by atoms with Crippen LogP contribution in [0.25, 0.3) is 9.69 Å². The minimum atomic E-state index is -2.05. The van der Waals surface area contributed by atoms with Crippen molar-refractivity contribution in [3.63, 3.8) is 0 Å². The molecular formula is C27H44Cl4N2O4Si. The van der Waals surface area contributed by atoms with Crippen LogP contribution in [0.1, 0.15) is 61.3 Å². The lowest BCUT2D eigenvalue weighted by Gasteiger charge is -2.39. The van der Waals surface area contributed by atoms with Gasteiger partial charge in [0.25, 0.3) is 11.1 Å². The van der Waals surface area contributed by atoms with Crippen LogP contribution in [-0.4, -0.2) is 64.5 Å². The smallest absolute Gasteiger partial charge is 0.262 e. The summed E-state index contributed by atoms with van der Waals surface area (Å²) in [6.07, 6.45) is -1.87. The second kappa shape index (κ2) is 15.1. The Labute approximate surface area is 250 Å². The molecule has 0 spiro atoms. The van der Waals surface area contributed by atoms with Crippen molar-refractivity contribution in [2.45, 2.75) is 115 Å². The Morgan fingerprint density at radius 1 is 0.895 bits per heavy atom. The van der Waals surface area contributed by atoms with Crippen LogP contribution >= 0.6 is 46.4 Å². The molecule has 0 bridgehead atoms. The molecular weight excluding hydrogens is 586 g/mol. The molecule has 2 saturated carbocycles. The first kappa shape index (κ1) is 37.7. The predicted molar refractivity (Wildman–Crippen MR) is 162 cm³/mol. The van der Waals surface area contributed by atoms with E-state index in [1.807, 2.05) is 20.8 Å². The third kappa shape index (κ3) is 7.11. The summed E-state index contributed by atoms with van der Waals surface area (Å²) in [5.41, 5.74) is 2.31. The average molecular weight is 631 g/mol. The molecule has 2 aliphatic rings. The molecule has 0 aromatic heterocycles. The standard InChI is InChI=1S/C16H28ClNO2Si.C10H14ClNO2.CH2Cl2/c1-9-16(18-6)11(2)13(19)14(12(16)10-17)20-21(7,8)15(3,4)5;1-4-10(12-3)6(2)8(13)9(14)7(10)5-11;2-1-3/h10-11,13-14,19H,9H2,1-5,7-8H3;5-6,8-9,13-14H,4H2,1-2H3;1H2/b12-10-;7-5-;/t11-,13+,14-,16-;6-,8+,9-,10-;/m00./s1. The molecule has 0 unspecified atom stereocenters. The third-order valence-corrected chi connectivity index (χ3v) is 13.7. The zero-order chi connectivity index (χ0) is 30.3. The number of hydrogen-bond acceptors (Lipinski definition) is 4. The summed E-state index contributed by atoms with van der Waals surface area (Å²) in [6, 6.07) is 0. The molecule has 2 rings (SSSR count). The number of hydrogen-bond donors (Lipinski definition) is 3. The molecule has 2 aliphatic carbocycles. The Morgan fingerprint density at radius 3 is 1.55 bits per heavy atom. The Bertz CT molecular complexity index is 928. The molecule has 218 valence electrons. The van der Waals surface area contributed by atoms with Gasteiger partial charge in [0.05, 0.1) is 40.5 Å². The van der Waals surface area contributed by atoms with Crippen molar-refractivity contribution in [2.24, 2.45) is 11.8 Å². The van der Waals surface area contributed by atoms with Gasteiger partial charge in [0.15, 0.2) is 8.32 Å². The molecule has 0 aliphatic heterocycles. The van der Waals surface area contributed by atoms with Crippen molar-refractivity contribution in [1.29, 1.82) is 0 Å². The summed E-state index contributed by atoms with van der Waals surface area (Å²) in [7, 11) is -2.05. The Morgan fingerprint density at radius 2 is 1.26 bits per heavy atom. The number of rotatable bonds is 4. The third-order valence-electron chi connectivity index (χ3n) is 8.73. The molecule has 8 atom stereocenters. The van der Waals surface area contributed by atoms with E-state index in [1.54, 1.807) is 6.92 Å². The molecule has 38 heavy (non-hydrogen) atoms. The fraction of sp³-hybridized carbons (Fsp3) is 0.778. The van der Waals surface area contributed by atoms with Gasteiger partial charge in [-0.2, -0.15) is 0 Å². The highest BCUT2D eigenvalue weighted by Crippen LogP contribution is 2.50. The first-order valence-corrected chi connectivity index (χ1v) is 17.5. The van der Waals surface area contributed by atoms with Gasteiger partial charge in [0.2, 0.25) is 0 Å². The van der Waals surface area contributed by atoms with Gasteiger partial charge in [-0.15, -0.1) is 23.2 Å². The second-order valence-electron chi connectivity index (χ2n) is 11.3. The molecule has 0 radical (unpaired) electrons. The molecule has 0 aromatic carbocycles. The Hall–Kier alpha value is -0.323. The first-order chi connectivity index (χ1) is 17.4. The molecule has 2 fully saturated rings. The number of nitrogens with zero attached hydrogens (tertiary/aromatic N) is 2. The summed E-state index contributed by atoms with van der Waals surface area (Å²) < 4.78 is 6.40. The van der Waals surface area contributed by atoms with E-state index in [0.717, 1.165) is 5.57 Å². The molecule has 0 aromatic rings. The molecule has 11 heteroatoms. The van der Waals surface area contributed by atoms with E-state index in [0.29, 0.717) is 18.4 Å². The van der Waals surface area contributed by atoms with E-state index in [2.05, 4.69) is 43.6 Å². The highest BCUT2D eigenvalue weighted by atomic mass is 35.5. The SMILES string of the molecule is ClCCl.[C-]#[N+][C@]1(CC)/C(=C\Cl)[C@H](O)[C@H](O)[C@@H]1C.[C-]#[N+][C@]1(CC)/C(=C\Cl)[C@H](O[Si](C)(C)C(C)(C)C)[C@H](O)[C@@H]1C. The summed E-state index contributed by atoms with van der Waals surface area (Å²) >= 11 is 21.2. The van der Waals surface area contributed by atoms with Crippen LogP contribution in [0, 0.1) is 25.0 Å². The molecule has 0 amide bonds. The van der Waals surface area contributed by atoms with Gasteiger partial charge in [0, 0.05) is 23.9 Å². The van der Waals surface area contributed by atoms with E-state index < -0.39 is 43.8 Å². The highest BCUT2D eigenvalue weighted by Gasteiger charge is 2.62. The minimum absolute atomic E-state index is 0.0446. The number of halogens is 4. The summed E-state index contributed by atoms with van der Waals surface area (Å²) in [6.45, 7) is 33.1. The minimum Gasteiger partial charge on any atom is -0.407 e. The van der Waals surface area contributed by atoms with Gasteiger partial charge >= 0.3 is 0 Å². The van der Waals surface area contributed by atoms with Crippen LogP contribution in [0.15, 0.2) is 22.2 Å². The van der Waals surface area contributed by atoms with Crippen molar-refractivity contribution < 1.29 is 19.7 Å². The summed E-state index contributed by atoms with van der Waals surface area (Å²) in [5.74, 6) is -0.468. The lowest BCUT2D eigenvalue weighted by atomic mass is 9.83. The van der Waals surface area contributed by atoms with Crippen LogP contribution in [0.3, 0.4) is 0 Å². The van der Waals surface area contributed by atoms with E-state index in [1.165, 1.54) is 11.1 Å². The Balaban J connectivity index is 0.000000694. The lowest BCUT2D eigenvalue weighted by Crippen LogP contribution is -2.46. The molecule has 3 N–H and O–H groups in total. The normalized spacial score (nSPS) is 37.1. The van der Waals surface area contributed by atoms with Crippen molar-refractivity contribution in [2.75, 3.05) is 5.34 Å². The van der Waals surface area contributed by atoms with Crippen molar-refractivity contribution in [1.82, 2.24) is 0 Å². The van der Waals surface area contributed by atoms with Crippen LogP contribution in [0.2, 0.25) is 18.1 Å². The second-order valence-corrected chi connectivity index (χ2v) is 17.3. The monoisotopic (exact) mass is 628 g/mol. The van der Waals surface area contributed by atoms with Gasteiger partial charge < -0.3 is 29.4 Å². The molecule has 0 heterocycles. The zero-order valence-corrected chi connectivity index (χ0v) is 27.9. The van der Waals surface area contributed by atoms with Gasteiger partial charge in [-0.1, -0.05) is 71.7 Å². The average Bonchev–Trinajstić information content (AvgIpc) is 3.18. The fourth-order valence-electron chi connectivity index (χ4n) is 4.98. The van der Waals surface area contributed by atoms with Crippen LogP contribution in [-0.2, 0) is 4.43 Å². The topological polar surface area (TPSA) is 78.6 Å². The zero-order valence-electron chi connectivity index (χ0n) is 23.9. The van der Waals surface area contributed by atoms with Crippen LogP contribution in [0.4, 0.5) is 0 Å². The van der Waals surface area contributed by atoms with E-state index in [4.69, 9.17) is 64.0 Å². The van der Waals surface area contributed by atoms with E-state index in [-0.39, 0.29) is 22.2 Å². The first-order valence-electron chi connectivity index (χ1n) is 12.7. The predicted octanol–water partition coefficient (Wildman–Crippen LogP) is 7.55. The maximum absolute atomic E-state index is 10.6. The van der Waals surface area contributed by atoms with Gasteiger partial charge in [-0.05, 0) is 18.1 Å². The van der Waals surface area contributed by atoms with Crippen molar-refractivity contribution >= 4 is 54.7 Å². The van der Waals surface area contributed by atoms with E-state index >= 15 is 0 Å². The maximum Gasteiger partial charge on any atom is 0.262 e. The Kier molecular flexibility index (Phi) is 14.9. The lowest BCUT2D eigenvalue weighted by molar-refractivity contribution is 0.0326. The van der Waals surface area contributed by atoms with Crippen LogP contribution < -0.4 is 0 Å². The summed E-state index contributed by atoms with van der Waals surface area (Å²) in [5, 5.41) is 30.2. The molecule has 6 nitrogen and oxygen atoms in total. The number of aliphatic hydroxyl groups excluding tert-OH is 3. The quantitative estimate of drug-likeness (QED) is 0.170. The number of alkyl halides is 2. The number of aliphatic hydroxyl groups is 3. The van der Waals surface area contributed by atoms with E-state index in [9.17, 15) is 15.3 Å². The maximum atomic E-state index is 10.6. The van der Waals surface area contributed by atoms with Gasteiger partial charge in [0.1, 0.15) is 12.2 Å².